The Balaban J connectivity index is 2.41. The van der Waals surface area contributed by atoms with Crippen molar-refractivity contribution in [2.75, 3.05) is 0 Å². The third-order valence-corrected chi connectivity index (χ3v) is 3.08. The Morgan fingerprint density at radius 3 is 2.93 bits per heavy atom. The molecular weight excluding hydrogens is 192 g/mol. The molecule has 0 amide bonds. The van der Waals surface area contributed by atoms with Gasteiger partial charge in [0.1, 0.15) is 10.5 Å². The molecule has 2 rings (SSSR count). The Morgan fingerprint density at radius 2 is 2.14 bits per heavy atom. The van der Waals surface area contributed by atoms with Crippen molar-refractivity contribution in [2.45, 2.75) is 45.4 Å². The van der Waals surface area contributed by atoms with Gasteiger partial charge in [-0.15, -0.1) is 0 Å². The molecule has 0 unspecified atom stereocenters. The maximum atomic E-state index is 5.31. The van der Waals surface area contributed by atoms with E-state index in [1.165, 1.54) is 24.1 Å². The van der Waals surface area contributed by atoms with Crippen molar-refractivity contribution in [1.82, 2.24) is 9.97 Å². The molecule has 2 nitrogen and oxygen atoms in total. The highest BCUT2D eigenvalue weighted by atomic mass is 32.1. The molecule has 1 aromatic heterocycles. The first-order valence-electron chi connectivity index (χ1n) is 5.42. The Hall–Kier alpha value is -0.700. The van der Waals surface area contributed by atoms with Gasteiger partial charge in [-0.05, 0) is 32.1 Å². The van der Waals surface area contributed by atoms with Crippen molar-refractivity contribution in [3.63, 3.8) is 0 Å². The van der Waals surface area contributed by atoms with Gasteiger partial charge >= 0.3 is 0 Å². The lowest BCUT2D eigenvalue weighted by Crippen LogP contribution is -2.10. The summed E-state index contributed by atoms with van der Waals surface area (Å²) in [6.45, 7) is 2.16. The van der Waals surface area contributed by atoms with Crippen LogP contribution in [0.1, 0.15) is 43.3 Å². The van der Waals surface area contributed by atoms with E-state index in [0.717, 1.165) is 36.1 Å². The average Bonchev–Trinajstić information content (AvgIpc) is 2.18. The molecule has 14 heavy (non-hydrogen) atoms. The third-order valence-electron chi connectivity index (χ3n) is 2.74. The summed E-state index contributed by atoms with van der Waals surface area (Å²) in [7, 11) is 0. The van der Waals surface area contributed by atoms with Crippen molar-refractivity contribution < 1.29 is 0 Å². The zero-order chi connectivity index (χ0) is 9.97. The predicted octanol–water partition coefficient (Wildman–Crippen LogP) is 2.97. The predicted molar refractivity (Wildman–Crippen MR) is 60.1 cm³/mol. The number of hydrogen-bond donors (Lipinski definition) is 1. The Morgan fingerprint density at radius 1 is 1.36 bits per heavy atom. The summed E-state index contributed by atoms with van der Waals surface area (Å²) in [6, 6.07) is 0. The van der Waals surface area contributed by atoms with Crippen LogP contribution in [0.4, 0.5) is 0 Å². The Kier molecular flexibility index (Phi) is 2.96. The van der Waals surface area contributed by atoms with E-state index in [0.29, 0.717) is 0 Å². The molecular formula is C11H16N2S. The Labute approximate surface area is 89.8 Å². The molecule has 0 radical (unpaired) electrons. The van der Waals surface area contributed by atoms with Crippen LogP contribution in [0, 0.1) is 4.64 Å². The number of hydrogen-bond acceptors (Lipinski definition) is 2. The molecule has 1 aliphatic carbocycles. The zero-order valence-corrected chi connectivity index (χ0v) is 9.41. The summed E-state index contributed by atoms with van der Waals surface area (Å²) in [5, 5.41) is 0. The molecule has 3 heteroatoms. The molecule has 0 aliphatic heterocycles. The highest BCUT2D eigenvalue weighted by molar-refractivity contribution is 7.71. The van der Waals surface area contributed by atoms with Crippen molar-refractivity contribution in [3.05, 3.63) is 21.7 Å². The highest BCUT2D eigenvalue weighted by Gasteiger charge is 2.12. The van der Waals surface area contributed by atoms with Crippen molar-refractivity contribution in [2.24, 2.45) is 0 Å². The SMILES string of the molecule is CCCc1nc(=S)c2c([nH]1)CCCC2. The molecule has 1 aliphatic rings. The van der Waals surface area contributed by atoms with E-state index >= 15 is 0 Å². The van der Waals surface area contributed by atoms with Crippen LogP contribution < -0.4 is 0 Å². The standard InChI is InChI=1S/C11H16N2S/c1-2-5-10-12-9-7-4-3-6-8(9)11(14)13-10/h2-7H2,1H3,(H,12,13,14). The number of fused-ring (bicyclic) bond motifs is 1. The van der Waals surface area contributed by atoms with Crippen LogP contribution in [0.2, 0.25) is 0 Å². The lowest BCUT2D eigenvalue weighted by molar-refractivity contribution is 0.648. The summed E-state index contributed by atoms with van der Waals surface area (Å²) in [5.74, 6) is 1.07. The van der Waals surface area contributed by atoms with Gasteiger partial charge in [-0.25, -0.2) is 4.98 Å². The fourth-order valence-electron chi connectivity index (χ4n) is 2.03. The summed E-state index contributed by atoms with van der Waals surface area (Å²) in [5.41, 5.74) is 2.64. The van der Waals surface area contributed by atoms with Crippen molar-refractivity contribution in [1.29, 1.82) is 0 Å². The largest absolute Gasteiger partial charge is 0.347 e. The molecule has 0 saturated heterocycles. The molecule has 76 valence electrons. The second-order valence-electron chi connectivity index (χ2n) is 3.90. The lowest BCUT2D eigenvalue weighted by atomic mass is 9.97. The summed E-state index contributed by atoms with van der Waals surface area (Å²) >= 11 is 5.31. The first-order chi connectivity index (χ1) is 6.81. The van der Waals surface area contributed by atoms with Crippen LogP contribution in [0.3, 0.4) is 0 Å². The molecule has 1 N–H and O–H groups in total. The van der Waals surface area contributed by atoms with E-state index in [9.17, 15) is 0 Å². The number of rotatable bonds is 2. The second kappa shape index (κ2) is 4.22. The minimum absolute atomic E-state index is 0.835. The van der Waals surface area contributed by atoms with Crippen LogP contribution in [-0.2, 0) is 19.3 Å². The molecule has 0 saturated carbocycles. The van der Waals surface area contributed by atoms with E-state index < -0.39 is 0 Å². The maximum absolute atomic E-state index is 5.31. The number of nitrogens with zero attached hydrogens (tertiary/aromatic N) is 1. The molecule has 0 aromatic carbocycles. The quantitative estimate of drug-likeness (QED) is 0.757. The average molecular weight is 208 g/mol. The Bertz CT molecular complexity index is 381. The van der Waals surface area contributed by atoms with Crippen LogP contribution in [0.5, 0.6) is 0 Å². The molecule has 1 aromatic rings. The second-order valence-corrected chi connectivity index (χ2v) is 4.29. The first-order valence-corrected chi connectivity index (χ1v) is 5.83. The van der Waals surface area contributed by atoms with E-state index in [-0.39, 0.29) is 0 Å². The summed E-state index contributed by atoms with van der Waals surface area (Å²) in [4.78, 5) is 7.86. The summed E-state index contributed by atoms with van der Waals surface area (Å²) < 4.78 is 0.835. The van der Waals surface area contributed by atoms with Crippen LogP contribution in [0.15, 0.2) is 0 Å². The van der Waals surface area contributed by atoms with Gasteiger partial charge in [-0.1, -0.05) is 19.1 Å². The fraction of sp³-hybridized carbons (Fsp3) is 0.636. The molecule has 0 atom stereocenters. The van der Waals surface area contributed by atoms with Gasteiger partial charge in [0.15, 0.2) is 0 Å². The van der Waals surface area contributed by atoms with Crippen LogP contribution in [0.25, 0.3) is 0 Å². The number of aromatic amines is 1. The van der Waals surface area contributed by atoms with Gasteiger partial charge in [-0.3, -0.25) is 0 Å². The normalized spacial score (nSPS) is 15.2. The van der Waals surface area contributed by atoms with Gasteiger partial charge in [0.2, 0.25) is 0 Å². The third kappa shape index (κ3) is 1.87. The van der Waals surface area contributed by atoms with E-state index in [1.54, 1.807) is 0 Å². The monoisotopic (exact) mass is 208 g/mol. The van der Waals surface area contributed by atoms with Gasteiger partial charge in [-0.2, -0.15) is 0 Å². The zero-order valence-electron chi connectivity index (χ0n) is 8.60. The fourth-order valence-corrected chi connectivity index (χ4v) is 2.36. The molecule has 0 spiro atoms. The topological polar surface area (TPSA) is 28.7 Å². The van der Waals surface area contributed by atoms with Crippen LogP contribution >= 0.6 is 12.2 Å². The van der Waals surface area contributed by atoms with E-state index in [1.807, 2.05) is 0 Å². The maximum Gasteiger partial charge on any atom is 0.133 e. The minimum Gasteiger partial charge on any atom is -0.347 e. The van der Waals surface area contributed by atoms with E-state index in [4.69, 9.17) is 12.2 Å². The number of nitrogens with one attached hydrogen (secondary N) is 1. The van der Waals surface area contributed by atoms with Crippen molar-refractivity contribution >= 4 is 12.2 Å². The van der Waals surface area contributed by atoms with Crippen molar-refractivity contribution in [3.8, 4) is 0 Å². The lowest BCUT2D eigenvalue weighted by Gasteiger charge is -2.16. The first kappa shape index (κ1) is 9.84. The minimum atomic E-state index is 0.835. The van der Waals surface area contributed by atoms with Gasteiger partial charge in [0.05, 0.1) is 0 Å². The van der Waals surface area contributed by atoms with E-state index in [2.05, 4.69) is 16.9 Å². The van der Waals surface area contributed by atoms with Gasteiger partial charge in [0, 0.05) is 17.7 Å². The van der Waals surface area contributed by atoms with Gasteiger partial charge in [0.25, 0.3) is 0 Å². The molecule has 1 heterocycles. The summed E-state index contributed by atoms with van der Waals surface area (Å²) in [6.07, 6.45) is 6.95. The molecule has 0 bridgehead atoms. The highest BCUT2D eigenvalue weighted by Crippen LogP contribution is 2.19. The van der Waals surface area contributed by atoms with Gasteiger partial charge < -0.3 is 4.98 Å². The number of aryl methyl sites for hydroxylation is 2. The number of H-pyrrole nitrogens is 1. The number of aromatic nitrogens is 2. The smallest absolute Gasteiger partial charge is 0.133 e. The van der Waals surface area contributed by atoms with Crippen LogP contribution in [-0.4, -0.2) is 9.97 Å². The molecule has 0 fully saturated rings.